The Morgan fingerprint density at radius 1 is 1.35 bits per heavy atom. The lowest BCUT2D eigenvalue weighted by molar-refractivity contribution is 0.0697. The van der Waals surface area contributed by atoms with Crippen LogP contribution >= 0.6 is 0 Å². The summed E-state index contributed by atoms with van der Waals surface area (Å²) in [6.07, 6.45) is 1.93. The maximum atomic E-state index is 11.2. The normalized spacial score (nSPS) is 17.5. The van der Waals surface area contributed by atoms with Gasteiger partial charge >= 0.3 is 5.97 Å². The number of fused-ring (bicyclic) bond motifs is 1. The minimum absolute atomic E-state index is 0.00976. The predicted octanol–water partition coefficient (Wildman–Crippen LogP) is 3.12. The molecular formula is C18H21N5O3. The van der Waals surface area contributed by atoms with Gasteiger partial charge < -0.3 is 19.1 Å². The van der Waals surface area contributed by atoms with Gasteiger partial charge in [0, 0.05) is 19.5 Å². The molecule has 0 bridgehead atoms. The summed E-state index contributed by atoms with van der Waals surface area (Å²) >= 11 is 0. The van der Waals surface area contributed by atoms with Crippen molar-refractivity contribution in [2.45, 2.75) is 38.6 Å². The van der Waals surface area contributed by atoms with E-state index in [2.05, 4.69) is 15.0 Å². The number of aromatic nitrogens is 4. The van der Waals surface area contributed by atoms with Crippen LogP contribution in [0.15, 0.2) is 22.7 Å². The van der Waals surface area contributed by atoms with Crippen molar-refractivity contribution in [1.29, 1.82) is 0 Å². The first-order valence-corrected chi connectivity index (χ1v) is 8.75. The van der Waals surface area contributed by atoms with Crippen molar-refractivity contribution in [2.24, 2.45) is 7.05 Å². The molecule has 3 heterocycles. The summed E-state index contributed by atoms with van der Waals surface area (Å²) < 4.78 is 7.49. The van der Waals surface area contributed by atoms with E-state index in [0.29, 0.717) is 17.2 Å². The number of imidazole rings is 1. The Morgan fingerprint density at radius 2 is 2.15 bits per heavy atom. The van der Waals surface area contributed by atoms with Crippen molar-refractivity contribution in [3.8, 4) is 0 Å². The number of hydrogen-bond acceptors (Lipinski definition) is 6. The summed E-state index contributed by atoms with van der Waals surface area (Å²) in [7, 11) is 1.94. The molecule has 1 atom stereocenters. The first kappa shape index (κ1) is 16.6. The van der Waals surface area contributed by atoms with Gasteiger partial charge in [-0.2, -0.15) is 4.98 Å². The molecule has 1 aliphatic rings. The molecule has 3 aromatic rings. The van der Waals surface area contributed by atoms with Crippen LogP contribution < -0.4 is 4.90 Å². The second kappa shape index (κ2) is 6.12. The third-order valence-corrected chi connectivity index (χ3v) is 4.87. The zero-order chi connectivity index (χ0) is 18.4. The van der Waals surface area contributed by atoms with E-state index in [-0.39, 0.29) is 17.5 Å². The Labute approximate surface area is 150 Å². The number of carbonyl (C=O) groups is 1. The first-order valence-electron chi connectivity index (χ1n) is 8.75. The van der Waals surface area contributed by atoms with Gasteiger partial charge in [-0.1, -0.05) is 19.0 Å². The number of benzene rings is 1. The van der Waals surface area contributed by atoms with Crippen molar-refractivity contribution < 1.29 is 14.4 Å². The third kappa shape index (κ3) is 2.61. The molecule has 0 amide bonds. The van der Waals surface area contributed by atoms with Gasteiger partial charge in [-0.25, -0.2) is 9.78 Å². The molecule has 1 aromatic carbocycles. The van der Waals surface area contributed by atoms with E-state index in [1.54, 1.807) is 18.2 Å². The van der Waals surface area contributed by atoms with Crippen LogP contribution in [0.4, 0.5) is 5.95 Å². The van der Waals surface area contributed by atoms with E-state index in [0.717, 1.165) is 30.9 Å². The molecule has 8 nitrogen and oxygen atoms in total. The van der Waals surface area contributed by atoms with E-state index in [1.807, 2.05) is 25.5 Å². The van der Waals surface area contributed by atoms with E-state index in [4.69, 9.17) is 9.51 Å². The lowest BCUT2D eigenvalue weighted by Gasteiger charge is -2.22. The number of hydrogen-bond donors (Lipinski definition) is 1. The van der Waals surface area contributed by atoms with E-state index in [9.17, 15) is 9.90 Å². The molecule has 8 heteroatoms. The second-order valence-corrected chi connectivity index (χ2v) is 6.98. The van der Waals surface area contributed by atoms with E-state index < -0.39 is 5.97 Å². The summed E-state index contributed by atoms with van der Waals surface area (Å²) in [5.74, 6) is 1.37. The molecule has 1 saturated heterocycles. The Kier molecular flexibility index (Phi) is 3.90. The average Bonchev–Trinajstić information content (AvgIpc) is 3.32. The van der Waals surface area contributed by atoms with Crippen LogP contribution in [0.2, 0.25) is 0 Å². The Balaban J connectivity index is 1.73. The van der Waals surface area contributed by atoms with Gasteiger partial charge in [0.25, 0.3) is 0 Å². The lowest BCUT2D eigenvalue weighted by atomic mass is 10.2. The number of carboxylic acids is 1. The molecule has 0 aliphatic carbocycles. The van der Waals surface area contributed by atoms with Gasteiger partial charge in [0.15, 0.2) is 5.82 Å². The molecule has 4 rings (SSSR count). The van der Waals surface area contributed by atoms with Crippen molar-refractivity contribution in [3.05, 3.63) is 35.5 Å². The summed E-state index contributed by atoms with van der Waals surface area (Å²) in [6, 6.07) is 4.99. The highest BCUT2D eigenvalue weighted by Crippen LogP contribution is 2.36. The van der Waals surface area contributed by atoms with Gasteiger partial charge in [-0.3, -0.25) is 0 Å². The fourth-order valence-corrected chi connectivity index (χ4v) is 3.46. The van der Waals surface area contributed by atoms with Crippen molar-refractivity contribution in [2.75, 3.05) is 11.4 Å². The number of carboxylic acid groups (broad SMARTS) is 1. The molecule has 0 radical (unpaired) electrons. The zero-order valence-electron chi connectivity index (χ0n) is 15.0. The highest BCUT2D eigenvalue weighted by atomic mass is 16.5. The maximum absolute atomic E-state index is 11.2. The molecule has 1 fully saturated rings. The average molecular weight is 355 g/mol. The molecule has 1 aliphatic heterocycles. The quantitative estimate of drug-likeness (QED) is 0.768. The van der Waals surface area contributed by atoms with Crippen LogP contribution in [0.5, 0.6) is 0 Å². The van der Waals surface area contributed by atoms with Crippen LogP contribution in [0, 0.1) is 0 Å². The Morgan fingerprint density at radius 3 is 2.85 bits per heavy atom. The Bertz CT molecular complexity index is 975. The molecule has 136 valence electrons. The van der Waals surface area contributed by atoms with Crippen molar-refractivity contribution in [3.63, 3.8) is 0 Å². The highest BCUT2D eigenvalue weighted by Gasteiger charge is 2.33. The number of rotatable bonds is 4. The Hall–Kier alpha value is -2.90. The zero-order valence-corrected chi connectivity index (χ0v) is 15.0. The van der Waals surface area contributed by atoms with Gasteiger partial charge in [0.1, 0.15) is 6.04 Å². The molecular weight excluding hydrogens is 334 g/mol. The molecule has 1 N–H and O–H groups in total. The third-order valence-electron chi connectivity index (χ3n) is 4.87. The van der Waals surface area contributed by atoms with Crippen LogP contribution in [0.3, 0.4) is 0 Å². The van der Waals surface area contributed by atoms with Crippen LogP contribution in [-0.2, 0) is 7.05 Å². The van der Waals surface area contributed by atoms with Gasteiger partial charge in [0.2, 0.25) is 11.8 Å². The van der Waals surface area contributed by atoms with Crippen molar-refractivity contribution >= 4 is 23.0 Å². The number of nitrogens with zero attached hydrogens (tertiary/aromatic N) is 5. The van der Waals surface area contributed by atoms with Crippen LogP contribution in [0.25, 0.3) is 11.0 Å². The lowest BCUT2D eigenvalue weighted by Crippen LogP contribution is -2.25. The molecule has 0 saturated carbocycles. The SMILES string of the molecule is CC(C)c1noc([C@@H]2CCCN2c2nc3cc(C(=O)O)ccc3n2C)n1. The predicted molar refractivity (Wildman–Crippen MR) is 95.4 cm³/mol. The minimum Gasteiger partial charge on any atom is -0.478 e. The molecule has 0 unspecified atom stereocenters. The van der Waals surface area contributed by atoms with E-state index >= 15 is 0 Å². The topological polar surface area (TPSA) is 97.3 Å². The minimum atomic E-state index is -0.953. The first-order chi connectivity index (χ1) is 12.5. The fourth-order valence-electron chi connectivity index (χ4n) is 3.46. The summed E-state index contributed by atoms with van der Waals surface area (Å²) in [5.41, 5.74) is 1.80. The van der Waals surface area contributed by atoms with Crippen LogP contribution in [0.1, 0.15) is 60.7 Å². The summed E-state index contributed by atoms with van der Waals surface area (Å²) in [4.78, 5) is 22.6. The highest BCUT2D eigenvalue weighted by molar-refractivity contribution is 5.93. The second-order valence-electron chi connectivity index (χ2n) is 6.98. The summed E-state index contributed by atoms with van der Waals surface area (Å²) in [6.45, 7) is 4.91. The fraction of sp³-hybridized carbons (Fsp3) is 0.444. The van der Waals surface area contributed by atoms with Gasteiger partial charge in [0.05, 0.1) is 16.6 Å². The van der Waals surface area contributed by atoms with E-state index in [1.165, 1.54) is 0 Å². The van der Waals surface area contributed by atoms with Gasteiger partial charge in [-0.05, 0) is 31.0 Å². The number of aromatic carboxylic acids is 1. The summed E-state index contributed by atoms with van der Waals surface area (Å²) in [5, 5.41) is 13.3. The standard InChI is InChI=1S/C18H21N5O3/c1-10(2)15-20-16(26-21-15)14-5-4-8-23(14)18-19-12-9-11(17(24)25)6-7-13(12)22(18)3/h6-7,9-10,14H,4-5,8H2,1-3H3,(H,24,25)/t14-/m0/s1. The van der Waals surface area contributed by atoms with Crippen molar-refractivity contribution in [1.82, 2.24) is 19.7 Å². The molecule has 26 heavy (non-hydrogen) atoms. The monoisotopic (exact) mass is 355 g/mol. The molecule has 0 spiro atoms. The van der Waals surface area contributed by atoms with Crippen LogP contribution in [-0.4, -0.2) is 37.3 Å². The van der Waals surface area contributed by atoms with Gasteiger partial charge in [-0.15, -0.1) is 0 Å². The molecule has 2 aromatic heterocycles. The smallest absolute Gasteiger partial charge is 0.335 e. The maximum Gasteiger partial charge on any atom is 0.335 e. The largest absolute Gasteiger partial charge is 0.478 e. The number of aryl methyl sites for hydroxylation is 1. The number of anilines is 1.